The highest BCUT2D eigenvalue weighted by atomic mass is 35.5. The molecule has 0 unspecified atom stereocenters. The van der Waals surface area contributed by atoms with Gasteiger partial charge in [-0.05, 0) is 49.9 Å². The number of nitrogens with one attached hydrogen (secondary N) is 4. The van der Waals surface area contributed by atoms with Gasteiger partial charge < -0.3 is 39.5 Å². The molecule has 4 aromatic heterocycles. The largest absolute Gasteiger partial charge is 0.495 e. The molecule has 2 amide bonds. The molecule has 6 aromatic rings. The summed E-state index contributed by atoms with van der Waals surface area (Å²) >= 11 is 12.5. The summed E-state index contributed by atoms with van der Waals surface area (Å²) in [5, 5.41) is 8.61. The second kappa shape index (κ2) is 18.9. The van der Waals surface area contributed by atoms with E-state index in [0.717, 1.165) is 10.8 Å². The number of hydrogen-bond acceptors (Lipinski definition) is 16. The van der Waals surface area contributed by atoms with Gasteiger partial charge >= 0.3 is 12.2 Å². The highest BCUT2D eigenvalue weighted by molar-refractivity contribution is 6.33. The summed E-state index contributed by atoms with van der Waals surface area (Å²) in [6, 6.07) is 9.12. The van der Waals surface area contributed by atoms with Crippen molar-refractivity contribution in [3.8, 4) is 11.5 Å². The molecule has 20 nitrogen and oxygen atoms in total. The third kappa shape index (κ3) is 9.42. The average molecular weight is 918 g/mol. The predicted octanol–water partition coefficient (Wildman–Crippen LogP) is 7.06. The maximum absolute atomic E-state index is 12.7. The van der Waals surface area contributed by atoms with Gasteiger partial charge in [-0.3, -0.25) is 9.59 Å². The Morgan fingerprint density at radius 1 is 0.625 bits per heavy atom. The highest BCUT2D eigenvalue weighted by Gasteiger charge is 2.39. The van der Waals surface area contributed by atoms with Crippen LogP contribution in [0.25, 0.3) is 21.8 Å². The van der Waals surface area contributed by atoms with E-state index in [0.29, 0.717) is 43.7 Å². The molecule has 2 aliphatic rings. The van der Waals surface area contributed by atoms with Gasteiger partial charge in [0.25, 0.3) is 11.1 Å². The number of aromatic amines is 2. The quantitative estimate of drug-likeness (QED) is 0.0960. The van der Waals surface area contributed by atoms with Crippen LogP contribution in [0.15, 0.2) is 58.6 Å². The molecule has 336 valence electrons. The highest BCUT2D eigenvalue weighted by Crippen LogP contribution is 2.32. The van der Waals surface area contributed by atoms with E-state index in [1.165, 1.54) is 36.7 Å². The second-order valence-electron chi connectivity index (χ2n) is 15.7. The summed E-state index contributed by atoms with van der Waals surface area (Å²) in [4.78, 5) is 83.7. The van der Waals surface area contributed by atoms with E-state index in [1.54, 1.807) is 36.4 Å². The molecule has 0 saturated carbocycles. The lowest BCUT2D eigenvalue weighted by Crippen LogP contribution is -2.38. The van der Waals surface area contributed by atoms with Crippen molar-refractivity contribution in [3.63, 3.8) is 0 Å². The van der Waals surface area contributed by atoms with Crippen LogP contribution in [0.3, 0.4) is 0 Å². The van der Waals surface area contributed by atoms with Crippen LogP contribution in [-0.2, 0) is 9.47 Å². The van der Waals surface area contributed by atoms with E-state index >= 15 is 0 Å². The number of amides is 2. The Bertz CT molecular complexity index is 2650. The van der Waals surface area contributed by atoms with Crippen molar-refractivity contribution in [1.82, 2.24) is 39.9 Å². The van der Waals surface area contributed by atoms with Gasteiger partial charge in [-0.15, -0.1) is 0 Å². The zero-order chi connectivity index (χ0) is 46.0. The van der Waals surface area contributed by atoms with E-state index in [1.807, 2.05) is 41.5 Å². The molecular formula is C42H46Cl2N12O8. The standard InChI is InChI=1S/2C21H23ClN6O4/c2*1-10(2)16-8-32-21(30)28(16)20-24-9-23-19(27-20)25-11(3)13-5-12-6-14(22)17(31-4)7-15(12)26-18(13)29/h2*5-7,9-11,16H,8H2,1-4H3,(H,26,29)(H,23,24,25,27)/t11-,16+;11-,16-/m01/s1. The SMILES string of the molecule is COc1cc2[nH]c(=O)c([C@@H](C)Nc3ncnc(N4C(=O)OC[C@@H]4C(C)C)n3)cc2cc1Cl.COc1cc2[nH]c(=O)c([C@H](C)Nc3ncnc(N4C(=O)OC[C@@H]4C(C)C)n3)cc2cc1Cl. The monoisotopic (exact) mass is 916 g/mol. The molecule has 8 rings (SSSR count). The van der Waals surface area contributed by atoms with Crippen molar-refractivity contribution in [2.45, 2.75) is 65.7 Å². The molecule has 4 atom stereocenters. The number of H-pyrrole nitrogens is 2. The molecule has 0 aliphatic carbocycles. The topological polar surface area (TPSA) is 245 Å². The number of nitrogens with zero attached hydrogens (tertiary/aromatic N) is 8. The maximum Gasteiger partial charge on any atom is 0.417 e. The lowest BCUT2D eigenvalue weighted by Gasteiger charge is -2.22. The van der Waals surface area contributed by atoms with Crippen LogP contribution in [0.5, 0.6) is 11.5 Å². The Morgan fingerprint density at radius 2 is 1.02 bits per heavy atom. The number of ether oxygens (including phenoxy) is 4. The lowest BCUT2D eigenvalue weighted by atomic mass is 10.1. The number of anilines is 4. The number of methoxy groups -OCH3 is 2. The molecule has 2 aromatic carbocycles. The minimum Gasteiger partial charge on any atom is -0.495 e. The van der Waals surface area contributed by atoms with Crippen molar-refractivity contribution in [3.05, 3.63) is 90.9 Å². The first-order chi connectivity index (χ1) is 30.6. The van der Waals surface area contributed by atoms with Gasteiger partial charge in [0, 0.05) is 34.0 Å². The zero-order valence-corrected chi connectivity index (χ0v) is 37.6. The van der Waals surface area contributed by atoms with Crippen molar-refractivity contribution in [2.75, 3.05) is 47.9 Å². The van der Waals surface area contributed by atoms with E-state index in [2.05, 4.69) is 50.5 Å². The van der Waals surface area contributed by atoms with Gasteiger partial charge in [-0.1, -0.05) is 50.9 Å². The Morgan fingerprint density at radius 3 is 1.38 bits per heavy atom. The summed E-state index contributed by atoms with van der Waals surface area (Å²) in [5.74, 6) is 2.14. The van der Waals surface area contributed by atoms with Crippen molar-refractivity contribution in [2.24, 2.45) is 11.8 Å². The van der Waals surface area contributed by atoms with E-state index in [-0.39, 0.29) is 72.0 Å². The molecule has 2 saturated heterocycles. The number of carbonyl (C=O) groups is 2. The number of pyridine rings is 2. The summed E-state index contributed by atoms with van der Waals surface area (Å²) in [7, 11) is 3.03. The van der Waals surface area contributed by atoms with E-state index in [4.69, 9.17) is 42.1 Å². The molecular weight excluding hydrogens is 871 g/mol. The Labute approximate surface area is 376 Å². The molecule has 2 fully saturated rings. The minimum absolute atomic E-state index is 0.162. The fourth-order valence-electron chi connectivity index (χ4n) is 7.21. The van der Waals surface area contributed by atoms with Crippen LogP contribution in [0.1, 0.15) is 64.8 Å². The van der Waals surface area contributed by atoms with Crippen LogP contribution in [0.2, 0.25) is 10.0 Å². The van der Waals surface area contributed by atoms with Crippen LogP contribution in [0, 0.1) is 11.8 Å². The van der Waals surface area contributed by atoms with Gasteiger partial charge in [0.15, 0.2) is 0 Å². The van der Waals surface area contributed by atoms with Crippen molar-refractivity contribution < 1.29 is 28.5 Å². The van der Waals surface area contributed by atoms with Gasteiger partial charge in [0.2, 0.25) is 23.8 Å². The number of rotatable bonds is 12. The normalized spacial score (nSPS) is 17.0. The Kier molecular flexibility index (Phi) is 13.4. The van der Waals surface area contributed by atoms with Crippen LogP contribution >= 0.6 is 23.2 Å². The summed E-state index contributed by atoms with van der Waals surface area (Å²) in [5.41, 5.74) is 1.64. The van der Waals surface area contributed by atoms with Crippen LogP contribution in [-0.4, -0.2) is 91.6 Å². The summed E-state index contributed by atoms with van der Waals surface area (Å²) in [6.45, 7) is 12.2. The van der Waals surface area contributed by atoms with E-state index < -0.39 is 24.3 Å². The Hall–Kier alpha value is -6.80. The average Bonchev–Trinajstić information content (AvgIpc) is 3.85. The number of fused-ring (bicyclic) bond motifs is 2. The molecule has 0 spiro atoms. The molecule has 4 N–H and O–H groups in total. The summed E-state index contributed by atoms with van der Waals surface area (Å²) < 4.78 is 20.7. The second-order valence-corrected chi connectivity index (χ2v) is 16.5. The van der Waals surface area contributed by atoms with Crippen LogP contribution in [0.4, 0.5) is 33.4 Å². The molecule has 6 heterocycles. The third-order valence-electron chi connectivity index (χ3n) is 10.8. The zero-order valence-electron chi connectivity index (χ0n) is 36.1. The third-order valence-corrected chi connectivity index (χ3v) is 11.4. The number of halogens is 2. The van der Waals surface area contributed by atoms with Crippen molar-refractivity contribution >= 4 is 81.0 Å². The van der Waals surface area contributed by atoms with E-state index in [9.17, 15) is 19.2 Å². The van der Waals surface area contributed by atoms with Gasteiger partial charge in [0.1, 0.15) is 37.4 Å². The van der Waals surface area contributed by atoms with Gasteiger partial charge in [-0.25, -0.2) is 39.3 Å². The first-order valence-corrected chi connectivity index (χ1v) is 21.0. The van der Waals surface area contributed by atoms with Gasteiger partial charge in [0.05, 0.1) is 59.5 Å². The number of cyclic esters (lactones) is 2. The molecule has 64 heavy (non-hydrogen) atoms. The number of benzene rings is 2. The smallest absolute Gasteiger partial charge is 0.417 e. The first kappa shape index (κ1) is 45.2. The number of carbonyl (C=O) groups excluding carboxylic acids is 2. The minimum atomic E-state index is -0.493. The lowest BCUT2D eigenvalue weighted by molar-refractivity contribution is 0.176. The first-order valence-electron chi connectivity index (χ1n) is 20.2. The summed E-state index contributed by atoms with van der Waals surface area (Å²) in [6.07, 6.45) is 1.65. The number of hydrogen-bond donors (Lipinski definition) is 4. The van der Waals surface area contributed by atoms with Crippen molar-refractivity contribution in [1.29, 1.82) is 0 Å². The fraction of sp³-hybridized carbons (Fsp3) is 0.381. The Balaban J connectivity index is 0.000000191. The number of aromatic nitrogens is 8. The molecule has 2 aliphatic heterocycles. The predicted molar refractivity (Wildman–Crippen MR) is 241 cm³/mol. The molecule has 22 heteroatoms. The maximum atomic E-state index is 12.7. The molecule has 0 bridgehead atoms. The molecule has 0 radical (unpaired) electrons. The van der Waals surface area contributed by atoms with Crippen LogP contribution < -0.4 is 41.0 Å². The van der Waals surface area contributed by atoms with Gasteiger partial charge in [-0.2, -0.15) is 9.97 Å². The fourth-order valence-corrected chi connectivity index (χ4v) is 7.71.